The van der Waals surface area contributed by atoms with Crippen LogP contribution in [0.1, 0.15) is 28.5 Å². The summed E-state index contributed by atoms with van der Waals surface area (Å²) >= 11 is 0. The zero-order valence-electron chi connectivity index (χ0n) is 15.5. The van der Waals surface area contributed by atoms with E-state index in [0.29, 0.717) is 5.69 Å². The number of nitrogens with zero attached hydrogens (tertiary/aromatic N) is 2. The number of aromatic amines is 1. The fourth-order valence-electron chi connectivity index (χ4n) is 3.09. The molecule has 4 aromatic rings. The monoisotopic (exact) mass is 368 g/mol. The third kappa shape index (κ3) is 3.69. The number of rotatable bonds is 5. The molecule has 1 amide bonds. The Morgan fingerprint density at radius 3 is 2.68 bits per heavy atom. The maximum Gasteiger partial charge on any atom is 0.289 e. The third-order valence-electron chi connectivity index (χ3n) is 4.66. The highest BCUT2D eigenvalue weighted by Gasteiger charge is 2.12. The number of hydrogen-bond acceptors (Lipinski definition) is 3. The first kappa shape index (κ1) is 17.7. The second-order valence-corrected chi connectivity index (χ2v) is 6.49. The van der Waals surface area contributed by atoms with Crippen molar-refractivity contribution in [2.45, 2.75) is 13.3 Å². The molecule has 3 aromatic carbocycles. The Morgan fingerprint density at radius 2 is 1.86 bits per heavy atom. The van der Waals surface area contributed by atoms with Crippen LogP contribution >= 0.6 is 0 Å². The number of H-pyrrole nitrogens is 1. The van der Waals surface area contributed by atoms with Gasteiger partial charge >= 0.3 is 0 Å². The predicted octanol–water partition coefficient (Wildman–Crippen LogP) is 4.56. The van der Waals surface area contributed by atoms with E-state index in [1.807, 2.05) is 42.5 Å². The van der Waals surface area contributed by atoms with Crippen molar-refractivity contribution in [2.75, 3.05) is 0 Å². The summed E-state index contributed by atoms with van der Waals surface area (Å²) in [7, 11) is 0. The van der Waals surface area contributed by atoms with Crippen LogP contribution in [0.25, 0.3) is 22.0 Å². The molecule has 1 aromatic heterocycles. The van der Waals surface area contributed by atoms with E-state index >= 15 is 0 Å². The van der Waals surface area contributed by atoms with E-state index in [-0.39, 0.29) is 5.91 Å². The van der Waals surface area contributed by atoms with Crippen LogP contribution in [0.15, 0.2) is 77.9 Å². The summed E-state index contributed by atoms with van der Waals surface area (Å²) < 4.78 is 0. The van der Waals surface area contributed by atoms with Gasteiger partial charge in [0.15, 0.2) is 0 Å². The summed E-state index contributed by atoms with van der Waals surface area (Å²) in [5, 5.41) is 13.4. The molecule has 0 saturated heterocycles. The minimum absolute atomic E-state index is 0.333. The Balaban J connectivity index is 1.49. The molecule has 28 heavy (non-hydrogen) atoms. The first-order valence-electron chi connectivity index (χ1n) is 9.20. The van der Waals surface area contributed by atoms with Crippen molar-refractivity contribution in [1.29, 1.82) is 0 Å². The number of benzene rings is 3. The van der Waals surface area contributed by atoms with E-state index in [1.165, 1.54) is 5.56 Å². The zero-order valence-corrected chi connectivity index (χ0v) is 15.5. The first-order chi connectivity index (χ1) is 13.7. The topological polar surface area (TPSA) is 70.1 Å². The van der Waals surface area contributed by atoms with Crippen LogP contribution < -0.4 is 5.43 Å². The molecule has 5 heteroatoms. The summed E-state index contributed by atoms with van der Waals surface area (Å²) in [5.74, 6) is -0.333. The molecule has 2 N–H and O–H groups in total. The van der Waals surface area contributed by atoms with E-state index in [0.717, 1.165) is 34.0 Å². The molecule has 0 unspecified atom stereocenters. The summed E-state index contributed by atoms with van der Waals surface area (Å²) in [6.45, 7) is 2.11. The maximum atomic E-state index is 12.3. The lowest BCUT2D eigenvalue weighted by atomic mass is 10.0. The van der Waals surface area contributed by atoms with Crippen LogP contribution in [0.4, 0.5) is 0 Å². The molecular formula is C23H20N4O. The Kier molecular flexibility index (Phi) is 4.97. The molecule has 5 nitrogen and oxygen atoms in total. The van der Waals surface area contributed by atoms with Crippen molar-refractivity contribution in [1.82, 2.24) is 15.6 Å². The SMILES string of the molecule is CCc1ccc(/C=N\NC(=O)c2cc(-c3cccc4ccccc34)n[nH]2)cc1. The van der Waals surface area contributed by atoms with Crippen molar-refractivity contribution >= 4 is 22.9 Å². The third-order valence-corrected chi connectivity index (χ3v) is 4.66. The lowest BCUT2D eigenvalue weighted by Gasteiger charge is -2.02. The van der Waals surface area contributed by atoms with Crippen molar-refractivity contribution in [3.05, 3.63) is 89.6 Å². The first-order valence-corrected chi connectivity index (χ1v) is 9.20. The van der Waals surface area contributed by atoms with Crippen molar-refractivity contribution in [2.24, 2.45) is 5.10 Å². The number of nitrogens with one attached hydrogen (secondary N) is 2. The highest BCUT2D eigenvalue weighted by atomic mass is 16.2. The summed E-state index contributed by atoms with van der Waals surface area (Å²) in [5.41, 5.74) is 6.80. The van der Waals surface area contributed by atoms with Gasteiger partial charge in [-0.15, -0.1) is 0 Å². The maximum absolute atomic E-state index is 12.3. The molecule has 0 bridgehead atoms. The molecule has 0 aliphatic carbocycles. The molecule has 0 fully saturated rings. The van der Waals surface area contributed by atoms with Crippen LogP contribution in [-0.2, 0) is 6.42 Å². The lowest BCUT2D eigenvalue weighted by molar-refractivity contribution is 0.0950. The number of hydrazone groups is 1. The standard InChI is InChI=1S/C23H20N4O/c1-2-16-10-12-17(13-11-16)15-24-27-23(28)22-14-21(25-26-22)20-9-5-7-18-6-3-4-8-19(18)20/h3-15H,2H2,1H3,(H,25,26)(H,27,28)/b24-15-. The number of fused-ring (bicyclic) bond motifs is 1. The Hall–Kier alpha value is -3.73. The van der Waals surface area contributed by atoms with Gasteiger partial charge in [-0.25, -0.2) is 5.43 Å². The molecule has 0 radical (unpaired) electrons. The normalized spacial score (nSPS) is 11.2. The van der Waals surface area contributed by atoms with Crippen LogP contribution in [0.5, 0.6) is 0 Å². The van der Waals surface area contributed by atoms with Gasteiger partial charge < -0.3 is 0 Å². The summed E-state index contributed by atoms with van der Waals surface area (Å²) in [4.78, 5) is 12.3. The molecule has 0 atom stereocenters. The number of aryl methyl sites for hydroxylation is 1. The highest BCUT2D eigenvalue weighted by molar-refractivity contribution is 5.98. The fourth-order valence-corrected chi connectivity index (χ4v) is 3.09. The number of aromatic nitrogens is 2. The molecule has 0 spiro atoms. The van der Waals surface area contributed by atoms with Crippen molar-refractivity contribution in [3.63, 3.8) is 0 Å². The van der Waals surface area contributed by atoms with E-state index in [2.05, 4.69) is 51.9 Å². The average Bonchev–Trinajstić information content (AvgIpc) is 3.24. The molecular weight excluding hydrogens is 348 g/mol. The summed E-state index contributed by atoms with van der Waals surface area (Å²) in [6, 6.07) is 23.9. The van der Waals surface area contributed by atoms with Crippen molar-refractivity contribution in [3.8, 4) is 11.3 Å². The van der Waals surface area contributed by atoms with Gasteiger partial charge in [0.1, 0.15) is 5.69 Å². The minimum atomic E-state index is -0.333. The van der Waals surface area contributed by atoms with Gasteiger partial charge in [0.25, 0.3) is 5.91 Å². The number of carbonyl (C=O) groups is 1. The molecule has 138 valence electrons. The number of hydrogen-bond donors (Lipinski definition) is 2. The molecule has 0 aliphatic rings. The second kappa shape index (κ2) is 7.88. The van der Waals surface area contributed by atoms with Gasteiger partial charge in [0, 0.05) is 5.56 Å². The second-order valence-electron chi connectivity index (χ2n) is 6.49. The van der Waals surface area contributed by atoms with Crippen LogP contribution in [0.2, 0.25) is 0 Å². The molecule has 4 rings (SSSR count). The average molecular weight is 368 g/mol. The van der Waals surface area contributed by atoms with Gasteiger partial charge in [0.05, 0.1) is 11.9 Å². The Labute approximate surface area is 163 Å². The van der Waals surface area contributed by atoms with Crippen LogP contribution in [0.3, 0.4) is 0 Å². The van der Waals surface area contributed by atoms with Gasteiger partial charge in [-0.2, -0.15) is 10.2 Å². The minimum Gasteiger partial charge on any atom is -0.272 e. The van der Waals surface area contributed by atoms with Gasteiger partial charge in [0.2, 0.25) is 0 Å². The zero-order chi connectivity index (χ0) is 19.3. The summed E-state index contributed by atoms with van der Waals surface area (Å²) in [6.07, 6.45) is 2.62. The largest absolute Gasteiger partial charge is 0.289 e. The predicted molar refractivity (Wildman–Crippen MR) is 112 cm³/mol. The number of carbonyl (C=O) groups excluding carboxylic acids is 1. The molecule has 0 aliphatic heterocycles. The van der Waals surface area contributed by atoms with E-state index < -0.39 is 0 Å². The smallest absolute Gasteiger partial charge is 0.272 e. The Morgan fingerprint density at radius 1 is 1.07 bits per heavy atom. The van der Waals surface area contributed by atoms with Gasteiger partial charge in [-0.1, -0.05) is 73.7 Å². The molecule has 0 saturated carbocycles. The number of amides is 1. The molecule has 1 heterocycles. The van der Waals surface area contributed by atoms with Gasteiger partial charge in [-0.3, -0.25) is 9.89 Å². The van der Waals surface area contributed by atoms with Crippen molar-refractivity contribution < 1.29 is 4.79 Å². The quantitative estimate of drug-likeness (QED) is 0.401. The highest BCUT2D eigenvalue weighted by Crippen LogP contribution is 2.27. The van der Waals surface area contributed by atoms with Gasteiger partial charge in [-0.05, 0) is 34.4 Å². The van der Waals surface area contributed by atoms with E-state index in [9.17, 15) is 4.79 Å². The van der Waals surface area contributed by atoms with E-state index in [4.69, 9.17) is 0 Å². The Bertz CT molecular complexity index is 1140. The van der Waals surface area contributed by atoms with Crippen LogP contribution in [-0.4, -0.2) is 22.3 Å². The fraction of sp³-hybridized carbons (Fsp3) is 0.0870. The lowest BCUT2D eigenvalue weighted by Crippen LogP contribution is -2.18. The van der Waals surface area contributed by atoms with Crippen LogP contribution in [0, 0.1) is 0 Å². The van der Waals surface area contributed by atoms with E-state index in [1.54, 1.807) is 12.3 Å².